The number of methoxy groups -OCH3 is 1. The Morgan fingerprint density at radius 1 is 1.03 bits per heavy atom. The summed E-state index contributed by atoms with van der Waals surface area (Å²) in [6.07, 6.45) is 3.86. The van der Waals surface area contributed by atoms with Crippen molar-refractivity contribution in [3.8, 4) is 17.2 Å². The van der Waals surface area contributed by atoms with Crippen molar-refractivity contribution < 1.29 is 19.0 Å². The Morgan fingerprint density at radius 3 is 2.61 bits per heavy atom. The molecule has 5 heteroatoms. The van der Waals surface area contributed by atoms with Crippen molar-refractivity contribution in [2.45, 2.75) is 27.0 Å². The van der Waals surface area contributed by atoms with Gasteiger partial charge in [-0.3, -0.25) is 4.79 Å². The largest absolute Gasteiger partial charge is 0.497 e. The molecule has 1 aliphatic heterocycles. The van der Waals surface area contributed by atoms with Crippen LogP contribution >= 0.6 is 0 Å². The third-order valence-corrected chi connectivity index (χ3v) is 5.94. The summed E-state index contributed by atoms with van der Waals surface area (Å²) in [5.41, 5.74) is 4.50. The smallest absolute Gasteiger partial charge is 0.232 e. The van der Waals surface area contributed by atoms with Crippen LogP contribution < -0.4 is 14.2 Å². The molecule has 1 aromatic heterocycles. The maximum Gasteiger partial charge on any atom is 0.232 e. The molecule has 1 aliphatic rings. The molecule has 2 heterocycles. The van der Waals surface area contributed by atoms with Crippen LogP contribution in [0.4, 0.5) is 0 Å². The Morgan fingerprint density at radius 2 is 1.85 bits per heavy atom. The number of carbonyl (C=O) groups excluding carboxylic acids is 1. The number of rotatable bonds is 6. The van der Waals surface area contributed by atoms with E-state index in [0.29, 0.717) is 29.4 Å². The fourth-order valence-electron chi connectivity index (χ4n) is 4.25. The Balaban J connectivity index is 1.47. The molecular formula is C28H25NO4. The highest BCUT2D eigenvalue weighted by Crippen LogP contribution is 2.38. The van der Waals surface area contributed by atoms with Gasteiger partial charge in [0, 0.05) is 35.3 Å². The van der Waals surface area contributed by atoms with Gasteiger partial charge in [0.05, 0.1) is 12.7 Å². The molecule has 5 nitrogen and oxygen atoms in total. The fraction of sp³-hybridized carbons (Fsp3) is 0.179. The van der Waals surface area contributed by atoms with Gasteiger partial charge >= 0.3 is 0 Å². The van der Waals surface area contributed by atoms with E-state index < -0.39 is 0 Å². The van der Waals surface area contributed by atoms with Crippen LogP contribution in [0.3, 0.4) is 0 Å². The molecule has 0 amide bonds. The van der Waals surface area contributed by atoms with Gasteiger partial charge in [-0.25, -0.2) is 0 Å². The SMILES string of the molecule is CCn1cc(/C=C2\Oc3cc(OCc4ccccc4)cc(C)c3C2=O)c2cc(OC)ccc21. The molecule has 4 aromatic rings. The molecule has 33 heavy (non-hydrogen) atoms. The summed E-state index contributed by atoms with van der Waals surface area (Å²) in [4.78, 5) is 13.2. The zero-order valence-corrected chi connectivity index (χ0v) is 18.9. The van der Waals surface area contributed by atoms with Crippen LogP contribution in [0.1, 0.15) is 34.0 Å². The number of Topliss-reactive ketones (excluding diaryl/α,β-unsaturated/α-hetero) is 1. The molecule has 3 aromatic carbocycles. The molecule has 0 spiro atoms. The van der Waals surface area contributed by atoms with Crippen LogP contribution in [-0.4, -0.2) is 17.5 Å². The fourth-order valence-corrected chi connectivity index (χ4v) is 4.25. The molecule has 0 N–H and O–H groups in total. The van der Waals surface area contributed by atoms with E-state index in [1.54, 1.807) is 13.2 Å². The summed E-state index contributed by atoms with van der Waals surface area (Å²) in [5, 5.41) is 1.01. The number of hydrogen-bond acceptors (Lipinski definition) is 4. The molecule has 0 radical (unpaired) electrons. The second-order valence-electron chi connectivity index (χ2n) is 8.08. The van der Waals surface area contributed by atoms with Crippen molar-refractivity contribution in [2.75, 3.05) is 7.11 Å². The molecular weight excluding hydrogens is 414 g/mol. The van der Waals surface area contributed by atoms with Crippen molar-refractivity contribution in [1.82, 2.24) is 4.57 Å². The van der Waals surface area contributed by atoms with Gasteiger partial charge in [0.1, 0.15) is 23.9 Å². The molecule has 0 bridgehead atoms. The summed E-state index contributed by atoms with van der Waals surface area (Å²) < 4.78 is 19.5. The number of hydrogen-bond donors (Lipinski definition) is 0. The average molecular weight is 440 g/mol. The zero-order chi connectivity index (χ0) is 22.9. The van der Waals surface area contributed by atoms with Gasteiger partial charge in [-0.15, -0.1) is 0 Å². The first-order valence-electron chi connectivity index (χ1n) is 11.0. The quantitative estimate of drug-likeness (QED) is 0.337. The van der Waals surface area contributed by atoms with Crippen molar-refractivity contribution in [1.29, 1.82) is 0 Å². The standard InChI is InChI=1S/C28H25NO4/c1-4-29-16-20(23-14-21(31-3)10-11-24(23)29)13-26-28(30)27-18(2)12-22(15-25(27)33-26)32-17-19-8-6-5-7-9-19/h5-16H,4,17H2,1-3H3/b26-13-. The van der Waals surface area contributed by atoms with Gasteiger partial charge in [0.2, 0.25) is 5.78 Å². The van der Waals surface area contributed by atoms with E-state index in [1.165, 1.54) is 0 Å². The van der Waals surface area contributed by atoms with Gasteiger partial charge in [-0.2, -0.15) is 0 Å². The predicted molar refractivity (Wildman–Crippen MR) is 129 cm³/mol. The highest BCUT2D eigenvalue weighted by atomic mass is 16.5. The lowest BCUT2D eigenvalue weighted by Gasteiger charge is -2.09. The van der Waals surface area contributed by atoms with Crippen LogP contribution in [0.25, 0.3) is 17.0 Å². The predicted octanol–water partition coefficient (Wildman–Crippen LogP) is 6.17. The molecule has 0 aliphatic carbocycles. The zero-order valence-electron chi connectivity index (χ0n) is 18.9. The Hall–Kier alpha value is -3.99. The van der Waals surface area contributed by atoms with Gasteiger partial charge < -0.3 is 18.8 Å². The summed E-state index contributed by atoms with van der Waals surface area (Å²) in [5.74, 6) is 2.18. The topological polar surface area (TPSA) is 49.7 Å². The maximum atomic E-state index is 13.2. The highest BCUT2D eigenvalue weighted by molar-refractivity contribution is 6.16. The van der Waals surface area contributed by atoms with Crippen molar-refractivity contribution in [3.05, 3.63) is 94.9 Å². The van der Waals surface area contributed by atoms with Crippen molar-refractivity contribution in [2.24, 2.45) is 0 Å². The van der Waals surface area contributed by atoms with Crippen LogP contribution in [0, 0.1) is 6.92 Å². The van der Waals surface area contributed by atoms with E-state index in [9.17, 15) is 4.79 Å². The van der Waals surface area contributed by atoms with Gasteiger partial charge in [0.15, 0.2) is 5.76 Å². The second-order valence-corrected chi connectivity index (χ2v) is 8.08. The molecule has 0 atom stereocenters. The van der Waals surface area contributed by atoms with Crippen LogP contribution in [0.5, 0.6) is 17.2 Å². The van der Waals surface area contributed by atoms with E-state index in [2.05, 4.69) is 11.5 Å². The van der Waals surface area contributed by atoms with Gasteiger partial charge in [-0.1, -0.05) is 30.3 Å². The lowest BCUT2D eigenvalue weighted by atomic mass is 10.0. The average Bonchev–Trinajstić information content (AvgIpc) is 3.35. The third-order valence-electron chi connectivity index (χ3n) is 5.94. The minimum Gasteiger partial charge on any atom is -0.497 e. The van der Waals surface area contributed by atoms with E-state index in [0.717, 1.165) is 39.9 Å². The molecule has 0 saturated carbocycles. The van der Waals surface area contributed by atoms with Gasteiger partial charge in [0.25, 0.3) is 0 Å². The number of nitrogens with zero attached hydrogens (tertiary/aromatic N) is 1. The summed E-state index contributed by atoms with van der Waals surface area (Å²) in [6, 6.07) is 19.6. The number of ketones is 1. The van der Waals surface area contributed by atoms with E-state index in [1.807, 2.05) is 73.8 Å². The maximum absolute atomic E-state index is 13.2. The second kappa shape index (κ2) is 8.51. The van der Waals surface area contributed by atoms with E-state index >= 15 is 0 Å². The number of benzene rings is 3. The Bertz CT molecular complexity index is 1380. The summed E-state index contributed by atoms with van der Waals surface area (Å²) in [6.45, 7) is 5.27. The lowest BCUT2D eigenvalue weighted by Crippen LogP contribution is -2.00. The number of carbonyl (C=O) groups is 1. The van der Waals surface area contributed by atoms with E-state index in [4.69, 9.17) is 14.2 Å². The monoisotopic (exact) mass is 439 g/mol. The van der Waals surface area contributed by atoms with Crippen molar-refractivity contribution in [3.63, 3.8) is 0 Å². The minimum atomic E-state index is -0.114. The van der Waals surface area contributed by atoms with E-state index in [-0.39, 0.29) is 5.78 Å². The number of fused-ring (bicyclic) bond motifs is 2. The number of aryl methyl sites for hydroxylation is 2. The lowest BCUT2D eigenvalue weighted by molar-refractivity contribution is 0.101. The molecule has 0 unspecified atom stereocenters. The summed E-state index contributed by atoms with van der Waals surface area (Å²) in [7, 11) is 1.65. The normalized spacial score (nSPS) is 13.9. The Kier molecular flexibility index (Phi) is 5.38. The minimum absolute atomic E-state index is 0.114. The van der Waals surface area contributed by atoms with Crippen molar-refractivity contribution >= 4 is 22.8 Å². The highest BCUT2D eigenvalue weighted by Gasteiger charge is 2.30. The molecule has 5 rings (SSSR count). The van der Waals surface area contributed by atoms with Crippen LogP contribution in [-0.2, 0) is 13.2 Å². The number of allylic oxidation sites excluding steroid dienone is 1. The third kappa shape index (κ3) is 3.87. The first-order chi connectivity index (χ1) is 16.1. The molecule has 166 valence electrons. The number of ether oxygens (including phenoxy) is 3. The first kappa shape index (κ1) is 20.9. The van der Waals surface area contributed by atoms with Crippen LogP contribution in [0.15, 0.2) is 72.6 Å². The summed E-state index contributed by atoms with van der Waals surface area (Å²) >= 11 is 0. The Labute approximate surface area is 192 Å². The number of aromatic nitrogens is 1. The molecule has 0 saturated heterocycles. The first-order valence-corrected chi connectivity index (χ1v) is 11.0. The van der Waals surface area contributed by atoms with Gasteiger partial charge in [-0.05, 0) is 55.3 Å². The van der Waals surface area contributed by atoms with Crippen LogP contribution in [0.2, 0.25) is 0 Å². The molecule has 0 fully saturated rings.